The molecule has 43 heavy (non-hydrogen) atoms. The molecule has 0 radical (unpaired) electrons. The largest absolute Gasteiger partial charge is 0.461 e. The van der Waals surface area contributed by atoms with Crippen molar-refractivity contribution in [1.29, 1.82) is 0 Å². The van der Waals surface area contributed by atoms with Crippen molar-refractivity contribution in [2.45, 2.75) is 117 Å². The number of hydrogen-bond donors (Lipinski definition) is 0. The minimum Gasteiger partial charge on any atom is -0.461 e. The van der Waals surface area contributed by atoms with E-state index in [-0.39, 0.29) is 12.0 Å². The first-order valence-corrected chi connectivity index (χ1v) is 14.0. The van der Waals surface area contributed by atoms with Crippen molar-refractivity contribution < 1.29 is 61.9 Å². The molecular formula is C30H38O13. The summed E-state index contributed by atoms with van der Waals surface area (Å²) >= 11 is 0. The molecule has 2 saturated heterocycles. The van der Waals surface area contributed by atoms with Crippen LogP contribution in [0.5, 0.6) is 0 Å². The lowest BCUT2D eigenvalue weighted by molar-refractivity contribution is -0.223. The van der Waals surface area contributed by atoms with Crippen LogP contribution in [0.4, 0.5) is 0 Å². The highest BCUT2D eigenvalue weighted by atomic mass is 16.7. The lowest BCUT2D eigenvalue weighted by atomic mass is 9.56. The summed E-state index contributed by atoms with van der Waals surface area (Å²) < 4.78 is 41.2. The maximum atomic E-state index is 13.2. The summed E-state index contributed by atoms with van der Waals surface area (Å²) in [6.45, 7) is 12.4. The standard InChI is InChI=1S/C30H38O13/c1-13-10-11-20(37-15(3)31)28(8)22(13)25(40-18(6)34)30-21(42-27(36)29(30,9)43-30)12-14(2)23(38-16(4)32)24(39-17(5)33)26(28)41-19(7)35/h10,12,20-26H,11H2,1-9H3/b14-12+/t20-,21-,22+,23+,24-,25-,26-,28-,29-,30-/m0/s1. The molecule has 4 aliphatic rings. The van der Waals surface area contributed by atoms with Gasteiger partial charge in [0, 0.05) is 47.0 Å². The van der Waals surface area contributed by atoms with E-state index in [4.69, 9.17) is 33.2 Å². The molecule has 2 aliphatic heterocycles. The molecule has 1 spiro atoms. The highest BCUT2D eigenvalue weighted by molar-refractivity contribution is 5.89. The normalized spacial score (nSPS) is 40.9. The minimum atomic E-state index is -1.56. The van der Waals surface area contributed by atoms with Gasteiger partial charge < -0.3 is 33.2 Å². The van der Waals surface area contributed by atoms with Crippen LogP contribution in [0, 0.1) is 11.3 Å². The first kappa shape index (κ1) is 32.2. The smallest absolute Gasteiger partial charge is 0.342 e. The molecule has 0 unspecified atom stereocenters. The van der Waals surface area contributed by atoms with Crippen LogP contribution in [0.3, 0.4) is 0 Å². The van der Waals surface area contributed by atoms with Crippen LogP contribution in [0.2, 0.25) is 0 Å². The van der Waals surface area contributed by atoms with E-state index in [2.05, 4.69) is 0 Å². The third kappa shape index (κ3) is 5.21. The van der Waals surface area contributed by atoms with Crippen molar-refractivity contribution in [3.05, 3.63) is 23.3 Å². The molecule has 0 amide bonds. The second-order valence-electron chi connectivity index (χ2n) is 12.0. The van der Waals surface area contributed by atoms with Gasteiger partial charge in [0.25, 0.3) is 0 Å². The number of epoxide rings is 1. The molecule has 0 saturated carbocycles. The lowest BCUT2D eigenvalue weighted by Crippen LogP contribution is -2.66. The summed E-state index contributed by atoms with van der Waals surface area (Å²) in [6, 6.07) is 0. The molecule has 236 valence electrons. The van der Waals surface area contributed by atoms with Crippen molar-refractivity contribution in [1.82, 2.24) is 0 Å². The van der Waals surface area contributed by atoms with Crippen LogP contribution in [0.1, 0.15) is 68.7 Å². The van der Waals surface area contributed by atoms with Crippen molar-refractivity contribution in [3.8, 4) is 0 Å². The Hall–Kier alpha value is -3.74. The van der Waals surface area contributed by atoms with Crippen molar-refractivity contribution >= 4 is 35.8 Å². The van der Waals surface area contributed by atoms with Gasteiger partial charge in [-0.25, -0.2) is 4.79 Å². The van der Waals surface area contributed by atoms with E-state index in [1.807, 2.05) is 0 Å². The Morgan fingerprint density at radius 1 is 0.767 bits per heavy atom. The average Bonchev–Trinajstić information content (AvgIpc) is 3.46. The SMILES string of the molecule is CC(=O)O[C@H]1[C@H](OC(C)=O)/C(C)=C/[C@@H]2OC(=O)[C@]3(C)O[C@]23[C@@H](OC(C)=O)[C@H]2C(C)=CC[C@H](OC(C)=O)[C@]2(C)[C@H]1OC(C)=O. The van der Waals surface area contributed by atoms with E-state index in [1.54, 1.807) is 26.8 Å². The second-order valence-corrected chi connectivity index (χ2v) is 12.0. The number of carbonyl (C=O) groups excluding carboxylic acids is 6. The number of hydrogen-bond acceptors (Lipinski definition) is 13. The first-order chi connectivity index (χ1) is 19.9. The Bertz CT molecular complexity index is 1310. The Morgan fingerprint density at radius 2 is 1.30 bits per heavy atom. The summed E-state index contributed by atoms with van der Waals surface area (Å²) in [6.07, 6.45) is -4.28. The molecule has 13 heteroatoms. The monoisotopic (exact) mass is 606 g/mol. The number of carbonyl (C=O) groups is 6. The Labute approximate surface area is 249 Å². The van der Waals surface area contributed by atoms with Gasteiger partial charge in [-0.2, -0.15) is 0 Å². The highest BCUT2D eigenvalue weighted by Gasteiger charge is 2.87. The van der Waals surface area contributed by atoms with Gasteiger partial charge in [0.15, 0.2) is 35.6 Å². The summed E-state index contributed by atoms with van der Waals surface area (Å²) in [5.74, 6) is -5.32. The zero-order valence-electron chi connectivity index (χ0n) is 25.7. The van der Waals surface area contributed by atoms with Gasteiger partial charge in [-0.05, 0) is 32.4 Å². The second kappa shape index (κ2) is 11.1. The number of rotatable bonds is 5. The van der Waals surface area contributed by atoms with E-state index in [0.717, 1.165) is 20.8 Å². The maximum Gasteiger partial charge on any atom is 0.342 e. The summed E-state index contributed by atoms with van der Waals surface area (Å²) in [5, 5.41) is 0. The van der Waals surface area contributed by atoms with Gasteiger partial charge in [0.2, 0.25) is 0 Å². The van der Waals surface area contributed by atoms with Crippen molar-refractivity contribution in [2.75, 3.05) is 0 Å². The Kier molecular flexibility index (Phi) is 8.29. The van der Waals surface area contributed by atoms with Gasteiger partial charge in [0.05, 0.1) is 5.41 Å². The average molecular weight is 607 g/mol. The number of fused-ring (bicyclic) bond motifs is 1. The van der Waals surface area contributed by atoms with Crippen LogP contribution in [0.25, 0.3) is 0 Å². The van der Waals surface area contributed by atoms with Crippen molar-refractivity contribution in [3.63, 3.8) is 0 Å². The zero-order valence-corrected chi connectivity index (χ0v) is 25.7. The van der Waals surface area contributed by atoms with Crippen molar-refractivity contribution in [2.24, 2.45) is 11.3 Å². The molecule has 4 rings (SSSR count). The molecular weight excluding hydrogens is 568 g/mol. The third-order valence-corrected chi connectivity index (χ3v) is 8.92. The first-order valence-electron chi connectivity index (χ1n) is 14.0. The number of ether oxygens (including phenoxy) is 7. The molecule has 0 aromatic carbocycles. The van der Waals surface area contributed by atoms with E-state index in [1.165, 1.54) is 26.8 Å². The molecule has 10 atom stereocenters. The zero-order chi connectivity index (χ0) is 32.2. The fraction of sp³-hybridized carbons (Fsp3) is 0.667. The van der Waals surface area contributed by atoms with Gasteiger partial charge in [-0.15, -0.1) is 0 Å². The van der Waals surface area contributed by atoms with Crippen LogP contribution in [-0.2, 0) is 61.9 Å². The molecule has 0 aromatic heterocycles. The summed E-state index contributed by atoms with van der Waals surface area (Å²) in [5.41, 5.74) is -3.74. The summed E-state index contributed by atoms with van der Waals surface area (Å²) in [7, 11) is 0. The molecule has 0 aromatic rings. The van der Waals surface area contributed by atoms with Crippen LogP contribution in [-0.4, -0.2) is 83.6 Å². The van der Waals surface area contributed by atoms with E-state index >= 15 is 0 Å². The molecule has 0 bridgehead atoms. The van der Waals surface area contributed by atoms with Crippen LogP contribution in [0.15, 0.2) is 23.3 Å². The molecule has 2 aliphatic carbocycles. The predicted molar refractivity (Wildman–Crippen MR) is 144 cm³/mol. The Morgan fingerprint density at radius 3 is 1.81 bits per heavy atom. The molecule has 2 heterocycles. The van der Waals surface area contributed by atoms with Crippen LogP contribution < -0.4 is 0 Å². The predicted octanol–water partition coefficient (Wildman–Crippen LogP) is 2.03. The fourth-order valence-electron chi connectivity index (χ4n) is 7.19. The van der Waals surface area contributed by atoms with Crippen LogP contribution >= 0.6 is 0 Å². The van der Waals surface area contributed by atoms with Gasteiger partial charge in [0.1, 0.15) is 12.2 Å². The van der Waals surface area contributed by atoms with Gasteiger partial charge in [-0.1, -0.05) is 18.6 Å². The fourth-order valence-corrected chi connectivity index (χ4v) is 7.19. The Balaban J connectivity index is 2.14. The molecule has 0 N–H and O–H groups in total. The third-order valence-electron chi connectivity index (χ3n) is 8.92. The topological polar surface area (TPSA) is 170 Å². The molecule has 2 fully saturated rings. The lowest BCUT2D eigenvalue weighted by Gasteiger charge is -2.54. The molecule has 13 nitrogen and oxygen atoms in total. The quantitative estimate of drug-likeness (QED) is 0.193. The van der Waals surface area contributed by atoms with E-state index < -0.39 is 95.0 Å². The van der Waals surface area contributed by atoms with Gasteiger partial charge in [-0.3, -0.25) is 24.0 Å². The van der Waals surface area contributed by atoms with E-state index in [9.17, 15) is 28.8 Å². The maximum absolute atomic E-state index is 13.2. The summed E-state index contributed by atoms with van der Waals surface area (Å²) in [4.78, 5) is 76.2. The number of esters is 6. The van der Waals surface area contributed by atoms with E-state index in [0.29, 0.717) is 5.57 Å². The van der Waals surface area contributed by atoms with Gasteiger partial charge >= 0.3 is 35.8 Å². The minimum absolute atomic E-state index is 0.146. The highest BCUT2D eigenvalue weighted by Crippen LogP contribution is 2.65.